The Morgan fingerprint density at radius 3 is 2.30 bits per heavy atom. The fourth-order valence-electron chi connectivity index (χ4n) is 2.03. The highest BCUT2D eigenvalue weighted by molar-refractivity contribution is 5.99. The van der Waals surface area contributed by atoms with E-state index in [0.717, 1.165) is 0 Å². The molecule has 0 rings (SSSR count). The van der Waals surface area contributed by atoms with Crippen molar-refractivity contribution in [1.82, 2.24) is 0 Å². The van der Waals surface area contributed by atoms with Crippen LogP contribution in [0.1, 0.15) is 33.6 Å². The summed E-state index contributed by atoms with van der Waals surface area (Å²) in [5, 5.41) is 9.49. The molecular formula is C14H26O6. The molecule has 0 aliphatic heterocycles. The summed E-state index contributed by atoms with van der Waals surface area (Å²) in [5.41, 5.74) is -1.53. The quantitative estimate of drug-likeness (QED) is 0.354. The maximum Gasteiger partial charge on any atom is 0.323 e. The molecule has 0 fully saturated rings. The van der Waals surface area contributed by atoms with Crippen molar-refractivity contribution < 1.29 is 28.9 Å². The molecule has 0 spiro atoms. The standard InChI is InChI=1S/C14H26O6/c1-5-20-13(17)14(12(15)16,10-11(2)3)6-7-19-9-8-18-4/h11H,5-10H2,1-4H3,(H,15,16). The SMILES string of the molecule is CCOC(=O)C(CCOCCOC)(CC(C)C)C(=O)O. The first-order valence-corrected chi connectivity index (χ1v) is 6.88. The summed E-state index contributed by atoms with van der Waals surface area (Å²) in [6.45, 7) is 6.57. The Bertz CT molecular complexity index is 302. The van der Waals surface area contributed by atoms with E-state index < -0.39 is 17.4 Å². The van der Waals surface area contributed by atoms with Crippen LogP contribution in [0.25, 0.3) is 0 Å². The largest absolute Gasteiger partial charge is 0.480 e. The maximum atomic E-state index is 12.1. The predicted molar refractivity (Wildman–Crippen MR) is 73.5 cm³/mol. The van der Waals surface area contributed by atoms with Gasteiger partial charge in [0.2, 0.25) is 0 Å². The van der Waals surface area contributed by atoms with Crippen LogP contribution in [0.2, 0.25) is 0 Å². The highest BCUT2D eigenvalue weighted by Gasteiger charge is 2.47. The van der Waals surface area contributed by atoms with E-state index in [1.165, 1.54) is 0 Å². The molecule has 6 nitrogen and oxygen atoms in total. The molecule has 0 amide bonds. The van der Waals surface area contributed by atoms with Crippen LogP contribution in [-0.4, -0.2) is 50.6 Å². The smallest absolute Gasteiger partial charge is 0.323 e. The summed E-state index contributed by atoms with van der Waals surface area (Å²) in [6, 6.07) is 0. The van der Waals surface area contributed by atoms with Gasteiger partial charge in [0, 0.05) is 13.7 Å². The van der Waals surface area contributed by atoms with E-state index in [-0.39, 0.29) is 32.0 Å². The summed E-state index contributed by atoms with van der Waals surface area (Å²) in [6.07, 6.45) is 0.331. The van der Waals surface area contributed by atoms with E-state index in [1.54, 1.807) is 14.0 Å². The second-order valence-corrected chi connectivity index (χ2v) is 5.06. The van der Waals surface area contributed by atoms with Gasteiger partial charge in [0.25, 0.3) is 0 Å². The van der Waals surface area contributed by atoms with Crippen molar-refractivity contribution in [2.24, 2.45) is 11.3 Å². The first kappa shape index (κ1) is 18.9. The van der Waals surface area contributed by atoms with Crippen LogP contribution in [0, 0.1) is 11.3 Å². The number of ether oxygens (including phenoxy) is 3. The molecule has 0 aromatic heterocycles. The number of hydrogen-bond donors (Lipinski definition) is 1. The van der Waals surface area contributed by atoms with Gasteiger partial charge in [-0.3, -0.25) is 9.59 Å². The molecule has 1 unspecified atom stereocenters. The molecule has 0 aliphatic carbocycles. The third kappa shape index (κ3) is 5.88. The average molecular weight is 290 g/mol. The van der Waals surface area contributed by atoms with E-state index in [0.29, 0.717) is 13.2 Å². The Morgan fingerprint density at radius 1 is 1.20 bits per heavy atom. The van der Waals surface area contributed by atoms with Crippen molar-refractivity contribution in [2.75, 3.05) is 33.5 Å². The number of aliphatic carboxylic acids is 1. The van der Waals surface area contributed by atoms with Crippen LogP contribution in [-0.2, 0) is 23.8 Å². The fourth-order valence-corrected chi connectivity index (χ4v) is 2.03. The molecule has 0 saturated carbocycles. The lowest BCUT2D eigenvalue weighted by Gasteiger charge is -2.28. The lowest BCUT2D eigenvalue weighted by atomic mass is 9.77. The number of carboxylic acid groups (broad SMARTS) is 1. The van der Waals surface area contributed by atoms with E-state index in [2.05, 4.69) is 0 Å². The lowest BCUT2D eigenvalue weighted by Crippen LogP contribution is -2.43. The number of carbonyl (C=O) groups excluding carboxylic acids is 1. The monoisotopic (exact) mass is 290 g/mol. The van der Waals surface area contributed by atoms with E-state index in [9.17, 15) is 14.7 Å². The van der Waals surface area contributed by atoms with Crippen LogP contribution in [0.15, 0.2) is 0 Å². The van der Waals surface area contributed by atoms with E-state index in [1.807, 2.05) is 13.8 Å². The minimum Gasteiger partial charge on any atom is -0.480 e. The van der Waals surface area contributed by atoms with Crippen LogP contribution in [0.5, 0.6) is 0 Å². The molecule has 20 heavy (non-hydrogen) atoms. The molecular weight excluding hydrogens is 264 g/mol. The molecule has 0 bridgehead atoms. The van der Waals surface area contributed by atoms with Crippen molar-refractivity contribution in [3.05, 3.63) is 0 Å². The average Bonchev–Trinajstić information content (AvgIpc) is 2.36. The minimum absolute atomic E-state index is 0.0643. The zero-order chi connectivity index (χ0) is 15.6. The topological polar surface area (TPSA) is 82.1 Å². The number of rotatable bonds is 11. The summed E-state index contributed by atoms with van der Waals surface area (Å²) < 4.78 is 15.1. The lowest BCUT2D eigenvalue weighted by molar-refractivity contribution is -0.171. The molecule has 0 aliphatic rings. The number of hydrogen-bond acceptors (Lipinski definition) is 5. The predicted octanol–water partition coefficient (Wildman–Crippen LogP) is 1.72. The summed E-state index contributed by atoms with van der Waals surface area (Å²) >= 11 is 0. The normalized spacial score (nSPS) is 14.1. The first-order valence-electron chi connectivity index (χ1n) is 6.88. The molecule has 0 heterocycles. The third-order valence-corrected chi connectivity index (χ3v) is 2.94. The van der Waals surface area contributed by atoms with E-state index in [4.69, 9.17) is 14.2 Å². The highest BCUT2D eigenvalue weighted by atomic mass is 16.5. The van der Waals surface area contributed by atoms with Crippen LogP contribution < -0.4 is 0 Å². The Balaban J connectivity index is 4.81. The molecule has 6 heteroatoms. The zero-order valence-corrected chi connectivity index (χ0v) is 12.8. The van der Waals surface area contributed by atoms with Gasteiger partial charge in [-0.1, -0.05) is 13.8 Å². The second-order valence-electron chi connectivity index (χ2n) is 5.06. The zero-order valence-electron chi connectivity index (χ0n) is 12.8. The van der Waals surface area contributed by atoms with Crippen molar-refractivity contribution in [3.8, 4) is 0 Å². The summed E-state index contributed by atoms with van der Waals surface area (Å²) in [5.74, 6) is -1.77. The van der Waals surface area contributed by atoms with Gasteiger partial charge in [0.15, 0.2) is 5.41 Å². The van der Waals surface area contributed by atoms with Gasteiger partial charge < -0.3 is 19.3 Å². The third-order valence-electron chi connectivity index (χ3n) is 2.94. The van der Waals surface area contributed by atoms with Gasteiger partial charge >= 0.3 is 11.9 Å². The molecule has 118 valence electrons. The number of carbonyl (C=O) groups is 2. The van der Waals surface area contributed by atoms with Crippen molar-refractivity contribution >= 4 is 11.9 Å². The van der Waals surface area contributed by atoms with Gasteiger partial charge in [-0.15, -0.1) is 0 Å². The van der Waals surface area contributed by atoms with Crippen molar-refractivity contribution in [3.63, 3.8) is 0 Å². The Morgan fingerprint density at radius 2 is 1.85 bits per heavy atom. The minimum atomic E-state index is -1.53. The van der Waals surface area contributed by atoms with E-state index >= 15 is 0 Å². The van der Waals surface area contributed by atoms with Crippen LogP contribution in [0.3, 0.4) is 0 Å². The van der Waals surface area contributed by atoms with Crippen LogP contribution >= 0.6 is 0 Å². The van der Waals surface area contributed by atoms with Gasteiger partial charge in [-0.05, 0) is 25.7 Å². The van der Waals surface area contributed by atoms with Gasteiger partial charge in [-0.25, -0.2) is 0 Å². The molecule has 0 radical (unpaired) electrons. The fraction of sp³-hybridized carbons (Fsp3) is 0.857. The Labute approximate surface area is 120 Å². The van der Waals surface area contributed by atoms with Crippen LogP contribution in [0.4, 0.5) is 0 Å². The number of carboxylic acids is 1. The number of esters is 1. The van der Waals surface area contributed by atoms with Gasteiger partial charge in [-0.2, -0.15) is 0 Å². The Hall–Kier alpha value is -1.14. The van der Waals surface area contributed by atoms with Crippen molar-refractivity contribution in [1.29, 1.82) is 0 Å². The second kappa shape index (κ2) is 9.72. The van der Waals surface area contributed by atoms with Gasteiger partial charge in [0.1, 0.15) is 0 Å². The summed E-state index contributed by atoms with van der Waals surface area (Å²) in [7, 11) is 1.56. The molecule has 0 aromatic rings. The maximum absolute atomic E-state index is 12.1. The number of methoxy groups -OCH3 is 1. The Kier molecular flexibility index (Phi) is 9.16. The molecule has 1 N–H and O–H groups in total. The summed E-state index contributed by atoms with van der Waals surface area (Å²) in [4.78, 5) is 23.7. The highest BCUT2D eigenvalue weighted by Crippen LogP contribution is 2.33. The first-order chi connectivity index (χ1) is 9.40. The van der Waals surface area contributed by atoms with Gasteiger partial charge in [0.05, 0.1) is 19.8 Å². The molecule has 1 atom stereocenters. The molecule has 0 saturated heterocycles. The molecule has 0 aromatic carbocycles. The van der Waals surface area contributed by atoms with Crippen molar-refractivity contribution in [2.45, 2.75) is 33.6 Å².